The molecule has 0 fully saturated rings. The second kappa shape index (κ2) is 17.2. The van der Waals surface area contributed by atoms with Gasteiger partial charge in [-0.1, -0.05) is 71.1 Å². The molecule has 2 N–H and O–H groups in total. The summed E-state index contributed by atoms with van der Waals surface area (Å²) in [5, 5.41) is 0. The van der Waals surface area contributed by atoms with E-state index in [0.29, 0.717) is 13.2 Å². The molecule has 0 aliphatic carbocycles. The molecule has 0 aliphatic heterocycles. The first-order valence-electron chi connectivity index (χ1n) is 9.61. The summed E-state index contributed by atoms with van der Waals surface area (Å²) in [5.41, 5.74) is 5.65. The van der Waals surface area contributed by atoms with Crippen molar-refractivity contribution < 1.29 is 9.47 Å². The van der Waals surface area contributed by atoms with Gasteiger partial charge in [-0.3, -0.25) is 0 Å². The van der Waals surface area contributed by atoms with Crippen LogP contribution >= 0.6 is 0 Å². The van der Waals surface area contributed by atoms with Gasteiger partial charge in [0, 0.05) is 12.6 Å². The van der Waals surface area contributed by atoms with Gasteiger partial charge in [0.15, 0.2) is 0 Å². The van der Waals surface area contributed by atoms with Gasteiger partial charge in [0.1, 0.15) is 0 Å². The SMILES string of the molecule is CCCCCCCCCCCCCOCC(C)OCC(C)N. The fraction of sp³-hybridized carbons (Fsp3) is 1.00. The molecular formula is C19H41NO2. The van der Waals surface area contributed by atoms with Gasteiger partial charge in [0.2, 0.25) is 0 Å². The van der Waals surface area contributed by atoms with E-state index in [0.717, 1.165) is 6.61 Å². The number of ether oxygens (including phenoxy) is 2. The number of rotatable bonds is 17. The first kappa shape index (κ1) is 21.9. The van der Waals surface area contributed by atoms with E-state index in [2.05, 4.69) is 6.92 Å². The molecule has 0 spiro atoms. The highest BCUT2D eigenvalue weighted by atomic mass is 16.5. The zero-order valence-electron chi connectivity index (χ0n) is 15.4. The van der Waals surface area contributed by atoms with E-state index < -0.39 is 0 Å². The molecule has 0 radical (unpaired) electrons. The Kier molecular flexibility index (Phi) is 17.1. The third-order valence-electron chi connectivity index (χ3n) is 3.89. The van der Waals surface area contributed by atoms with Crippen molar-refractivity contribution in [3.8, 4) is 0 Å². The van der Waals surface area contributed by atoms with Crippen LogP contribution in [0.5, 0.6) is 0 Å². The molecule has 0 saturated carbocycles. The molecule has 134 valence electrons. The van der Waals surface area contributed by atoms with Crippen LogP contribution < -0.4 is 5.73 Å². The minimum atomic E-state index is 0.106. The van der Waals surface area contributed by atoms with Gasteiger partial charge in [-0.25, -0.2) is 0 Å². The van der Waals surface area contributed by atoms with Crippen LogP contribution in [0.3, 0.4) is 0 Å². The van der Waals surface area contributed by atoms with Crippen LogP contribution in [0.2, 0.25) is 0 Å². The van der Waals surface area contributed by atoms with E-state index in [1.165, 1.54) is 70.6 Å². The second-order valence-corrected chi connectivity index (χ2v) is 6.73. The lowest BCUT2D eigenvalue weighted by Crippen LogP contribution is -2.27. The second-order valence-electron chi connectivity index (χ2n) is 6.73. The first-order valence-corrected chi connectivity index (χ1v) is 9.61. The number of hydrogen-bond donors (Lipinski definition) is 1. The highest BCUT2D eigenvalue weighted by Crippen LogP contribution is 2.11. The molecule has 0 aliphatic rings. The Labute approximate surface area is 139 Å². The van der Waals surface area contributed by atoms with Crippen molar-refractivity contribution in [2.75, 3.05) is 19.8 Å². The van der Waals surface area contributed by atoms with Gasteiger partial charge in [-0.2, -0.15) is 0 Å². The summed E-state index contributed by atoms with van der Waals surface area (Å²) in [5.74, 6) is 0. The number of nitrogens with two attached hydrogens (primary N) is 1. The van der Waals surface area contributed by atoms with Crippen molar-refractivity contribution >= 4 is 0 Å². The van der Waals surface area contributed by atoms with Crippen LogP contribution in [0.4, 0.5) is 0 Å². The van der Waals surface area contributed by atoms with E-state index in [4.69, 9.17) is 15.2 Å². The van der Waals surface area contributed by atoms with Crippen molar-refractivity contribution in [3.05, 3.63) is 0 Å². The number of hydrogen-bond acceptors (Lipinski definition) is 3. The van der Waals surface area contributed by atoms with Gasteiger partial charge in [-0.05, 0) is 20.3 Å². The van der Waals surface area contributed by atoms with Gasteiger partial charge in [0.05, 0.1) is 19.3 Å². The highest BCUT2D eigenvalue weighted by Gasteiger charge is 2.03. The topological polar surface area (TPSA) is 44.5 Å². The average Bonchev–Trinajstić information content (AvgIpc) is 2.49. The maximum atomic E-state index is 5.65. The monoisotopic (exact) mass is 315 g/mol. The van der Waals surface area contributed by atoms with Crippen LogP contribution in [-0.4, -0.2) is 32.0 Å². The summed E-state index contributed by atoms with van der Waals surface area (Å²) in [4.78, 5) is 0. The summed E-state index contributed by atoms with van der Waals surface area (Å²) in [7, 11) is 0. The largest absolute Gasteiger partial charge is 0.379 e. The van der Waals surface area contributed by atoms with Gasteiger partial charge >= 0.3 is 0 Å². The summed E-state index contributed by atoms with van der Waals surface area (Å²) >= 11 is 0. The Morgan fingerprint density at radius 2 is 1.23 bits per heavy atom. The molecule has 0 aromatic rings. The number of unbranched alkanes of at least 4 members (excludes halogenated alkanes) is 10. The molecule has 0 rings (SSSR count). The predicted molar refractivity (Wildman–Crippen MR) is 96.3 cm³/mol. The van der Waals surface area contributed by atoms with Crippen molar-refractivity contribution in [3.63, 3.8) is 0 Å². The van der Waals surface area contributed by atoms with Crippen LogP contribution in [-0.2, 0) is 9.47 Å². The predicted octanol–water partition coefficient (Wildman–Crippen LogP) is 5.07. The fourth-order valence-corrected chi connectivity index (χ4v) is 2.48. The fourth-order valence-electron chi connectivity index (χ4n) is 2.48. The first-order chi connectivity index (χ1) is 10.7. The van der Waals surface area contributed by atoms with E-state index in [1.54, 1.807) is 0 Å². The van der Waals surface area contributed by atoms with Crippen molar-refractivity contribution in [2.24, 2.45) is 5.73 Å². The highest BCUT2D eigenvalue weighted by molar-refractivity contribution is 4.54. The molecule has 0 heterocycles. The maximum Gasteiger partial charge on any atom is 0.0781 e. The van der Waals surface area contributed by atoms with Crippen LogP contribution in [0.15, 0.2) is 0 Å². The lowest BCUT2D eigenvalue weighted by molar-refractivity contribution is -0.0108. The Morgan fingerprint density at radius 1 is 0.727 bits per heavy atom. The lowest BCUT2D eigenvalue weighted by atomic mass is 10.1. The van der Waals surface area contributed by atoms with Crippen molar-refractivity contribution in [1.82, 2.24) is 0 Å². The average molecular weight is 316 g/mol. The molecule has 0 aromatic carbocycles. The minimum Gasteiger partial charge on any atom is -0.379 e. The molecule has 0 saturated heterocycles. The third kappa shape index (κ3) is 17.9. The lowest BCUT2D eigenvalue weighted by Gasteiger charge is -2.14. The zero-order chi connectivity index (χ0) is 16.5. The summed E-state index contributed by atoms with van der Waals surface area (Å²) < 4.78 is 11.2. The standard InChI is InChI=1S/C19H41NO2/c1-4-5-6-7-8-9-10-11-12-13-14-15-21-17-19(3)22-16-18(2)20/h18-19H,4-17,20H2,1-3H3. The molecule has 0 amide bonds. The molecule has 2 unspecified atom stereocenters. The van der Waals surface area contributed by atoms with E-state index in [9.17, 15) is 0 Å². The molecule has 0 bridgehead atoms. The molecular weight excluding hydrogens is 274 g/mol. The zero-order valence-corrected chi connectivity index (χ0v) is 15.4. The van der Waals surface area contributed by atoms with E-state index >= 15 is 0 Å². The molecule has 22 heavy (non-hydrogen) atoms. The Morgan fingerprint density at radius 3 is 1.73 bits per heavy atom. The smallest absolute Gasteiger partial charge is 0.0781 e. The van der Waals surface area contributed by atoms with Crippen molar-refractivity contribution in [1.29, 1.82) is 0 Å². The molecule has 3 nitrogen and oxygen atoms in total. The normalized spacial score (nSPS) is 14.2. The van der Waals surface area contributed by atoms with E-state index in [1.807, 2.05) is 13.8 Å². The van der Waals surface area contributed by atoms with E-state index in [-0.39, 0.29) is 12.1 Å². The van der Waals surface area contributed by atoms with Gasteiger partial charge < -0.3 is 15.2 Å². The third-order valence-corrected chi connectivity index (χ3v) is 3.89. The quantitative estimate of drug-likeness (QED) is 0.381. The molecule has 2 atom stereocenters. The summed E-state index contributed by atoms with van der Waals surface area (Å²) in [6.45, 7) is 8.44. The Hall–Kier alpha value is -0.120. The Balaban J connectivity index is 3.08. The summed E-state index contributed by atoms with van der Waals surface area (Å²) in [6, 6.07) is 0.106. The van der Waals surface area contributed by atoms with Gasteiger partial charge in [-0.15, -0.1) is 0 Å². The van der Waals surface area contributed by atoms with Crippen LogP contribution in [0.1, 0.15) is 91.4 Å². The Bertz CT molecular complexity index is 210. The maximum absolute atomic E-state index is 5.65. The van der Waals surface area contributed by atoms with Gasteiger partial charge in [0.25, 0.3) is 0 Å². The summed E-state index contributed by atoms with van der Waals surface area (Å²) in [6.07, 6.45) is 15.3. The van der Waals surface area contributed by atoms with Crippen molar-refractivity contribution in [2.45, 2.75) is 104 Å². The molecule has 0 aromatic heterocycles. The molecule has 3 heteroatoms. The minimum absolute atomic E-state index is 0.106. The van der Waals surface area contributed by atoms with Crippen LogP contribution in [0.25, 0.3) is 0 Å². The van der Waals surface area contributed by atoms with Crippen LogP contribution in [0, 0.1) is 0 Å².